The van der Waals surface area contributed by atoms with E-state index in [9.17, 15) is 4.79 Å². The summed E-state index contributed by atoms with van der Waals surface area (Å²) in [4.78, 5) is 16.4. The largest absolute Gasteiger partial charge is 0.482 e. The number of ether oxygens (including phenoxy) is 1. The summed E-state index contributed by atoms with van der Waals surface area (Å²) in [5, 5.41) is 10.2. The van der Waals surface area contributed by atoms with Crippen LogP contribution in [-0.2, 0) is 4.79 Å². The van der Waals surface area contributed by atoms with E-state index in [0.717, 1.165) is 17.1 Å². The van der Waals surface area contributed by atoms with Crippen LogP contribution in [0.4, 0.5) is 5.82 Å². The van der Waals surface area contributed by atoms with Crippen molar-refractivity contribution in [3.8, 4) is 17.0 Å². The summed E-state index contributed by atoms with van der Waals surface area (Å²) >= 11 is 18.2. The van der Waals surface area contributed by atoms with Crippen molar-refractivity contribution >= 4 is 46.5 Å². The molecular formula is C22H19Cl3N4O2. The second kappa shape index (κ2) is 9.73. The third kappa shape index (κ3) is 5.21. The van der Waals surface area contributed by atoms with E-state index in [2.05, 4.69) is 15.1 Å². The zero-order valence-electron chi connectivity index (χ0n) is 16.5. The number of piperazine rings is 1. The number of aromatic nitrogens is 2. The van der Waals surface area contributed by atoms with E-state index in [1.54, 1.807) is 23.1 Å². The van der Waals surface area contributed by atoms with Gasteiger partial charge in [-0.15, -0.1) is 10.2 Å². The van der Waals surface area contributed by atoms with Crippen molar-refractivity contribution in [3.63, 3.8) is 0 Å². The van der Waals surface area contributed by atoms with Gasteiger partial charge >= 0.3 is 0 Å². The van der Waals surface area contributed by atoms with E-state index in [4.69, 9.17) is 39.5 Å². The molecule has 31 heavy (non-hydrogen) atoms. The smallest absolute Gasteiger partial charge is 0.260 e. The van der Waals surface area contributed by atoms with Crippen molar-refractivity contribution in [1.29, 1.82) is 0 Å². The quantitative estimate of drug-likeness (QED) is 0.527. The number of carbonyl (C=O) groups excluding carboxylic acids is 1. The van der Waals surface area contributed by atoms with Gasteiger partial charge in [-0.2, -0.15) is 0 Å². The standard InChI is InChI=1S/C22H19Cl3N4O2/c23-15-5-7-20(18(25)13-15)31-14-22(30)29-11-9-28(10-12-29)21-8-6-19(26-27-21)16-3-1-2-4-17(16)24/h1-8,13H,9-12,14H2. The van der Waals surface area contributed by atoms with Gasteiger partial charge < -0.3 is 14.5 Å². The Morgan fingerprint density at radius 3 is 2.35 bits per heavy atom. The van der Waals surface area contributed by atoms with E-state index in [-0.39, 0.29) is 12.5 Å². The SMILES string of the molecule is O=C(COc1ccc(Cl)cc1Cl)N1CCN(c2ccc(-c3ccccc3Cl)nn2)CC1. The van der Waals surface area contributed by atoms with E-state index in [1.807, 2.05) is 36.4 Å². The van der Waals surface area contributed by atoms with Gasteiger partial charge in [0.15, 0.2) is 12.4 Å². The third-order valence-electron chi connectivity index (χ3n) is 5.00. The minimum atomic E-state index is -0.0918. The lowest BCUT2D eigenvalue weighted by molar-refractivity contribution is -0.133. The lowest BCUT2D eigenvalue weighted by atomic mass is 10.1. The average molecular weight is 478 g/mol. The van der Waals surface area contributed by atoms with Crippen molar-refractivity contribution in [2.45, 2.75) is 0 Å². The summed E-state index contributed by atoms with van der Waals surface area (Å²) in [6.07, 6.45) is 0. The molecule has 2 heterocycles. The van der Waals surface area contributed by atoms with Crippen molar-refractivity contribution in [3.05, 3.63) is 69.7 Å². The van der Waals surface area contributed by atoms with Crippen LogP contribution in [-0.4, -0.2) is 53.8 Å². The summed E-state index contributed by atoms with van der Waals surface area (Å²) in [5.74, 6) is 1.12. The number of halogens is 3. The summed E-state index contributed by atoms with van der Waals surface area (Å²) in [5.41, 5.74) is 1.57. The Kier molecular flexibility index (Phi) is 6.80. The molecule has 4 rings (SSSR count). The predicted octanol–water partition coefficient (Wildman–Crippen LogP) is 4.83. The summed E-state index contributed by atoms with van der Waals surface area (Å²) in [7, 11) is 0. The molecule has 0 bridgehead atoms. The Balaban J connectivity index is 1.31. The Hall–Kier alpha value is -2.54. The molecule has 1 saturated heterocycles. The first-order chi connectivity index (χ1) is 15.0. The van der Waals surface area contributed by atoms with Crippen molar-refractivity contribution in [2.24, 2.45) is 0 Å². The maximum Gasteiger partial charge on any atom is 0.260 e. The first kappa shape index (κ1) is 21.7. The molecule has 0 spiro atoms. The van der Waals surface area contributed by atoms with E-state index in [1.165, 1.54) is 0 Å². The molecule has 0 saturated carbocycles. The predicted molar refractivity (Wildman–Crippen MR) is 123 cm³/mol. The van der Waals surface area contributed by atoms with Crippen molar-refractivity contribution in [1.82, 2.24) is 15.1 Å². The average Bonchev–Trinajstić information content (AvgIpc) is 2.79. The molecule has 1 aromatic heterocycles. The van der Waals surface area contributed by atoms with Crippen LogP contribution in [0.25, 0.3) is 11.3 Å². The van der Waals surface area contributed by atoms with Gasteiger partial charge in [0.05, 0.1) is 15.7 Å². The number of hydrogen-bond acceptors (Lipinski definition) is 5. The molecule has 0 N–H and O–H groups in total. The van der Waals surface area contributed by atoms with E-state index in [0.29, 0.717) is 47.0 Å². The fourth-order valence-electron chi connectivity index (χ4n) is 3.31. The highest BCUT2D eigenvalue weighted by Crippen LogP contribution is 2.28. The van der Waals surface area contributed by atoms with Gasteiger partial charge in [-0.25, -0.2) is 0 Å². The van der Waals surface area contributed by atoms with Crippen molar-refractivity contribution < 1.29 is 9.53 Å². The molecule has 1 aliphatic heterocycles. The minimum Gasteiger partial charge on any atom is -0.482 e. The van der Waals surface area contributed by atoms with Crippen molar-refractivity contribution in [2.75, 3.05) is 37.7 Å². The highest BCUT2D eigenvalue weighted by atomic mass is 35.5. The van der Waals surface area contributed by atoms with Crippen LogP contribution in [0.2, 0.25) is 15.1 Å². The van der Waals surface area contributed by atoms with Crippen LogP contribution in [0, 0.1) is 0 Å². The van der Waals surface area contributed by atoms with Crippen LogP contribution in [0.1, 0.15) is 0 Å². The number of carbonyl (C=O) groups is 1. The number of nitrogens with zero attached hydrogens (tertiary/aromatic N) is 4. The summed E-state index contributed by atoms with van der Waals surface area (Å²) < 4.78 is 5.55. The van der Waals surface area contributed by atoms with Gasteiger partial charge in [0, 0.05) is 36.8 Å². The van der Waals surface area contributed by atoms with Crippen LogP contribution >= 0.6 is 34.8 Å². The maximum atomic E-state index is 12.5. The molecule has 3 aromatic rings. The fraction of sp³-hybridized carbons (Fsp3) is 0.227. The first-order valence-corrected chi connectivity index (χ1v) is 10.8. The highest BCUT2D eigenvalue weighted by Gasteiger charge is 2.23. The van der Waals surface area contributed by atoms with Gasteiger partial charge in [-0.1, -0.05) is 53.0 Å². The number of hydrogen-bond donors (Lipinski definition) is 0. The minimum absolute atomic E-state index is 0.0757. The van der Waals surface area contributed by atoms with Gasteiger partial charge in [0.25, 0.3) is 5.91 Å². The Labute approximate surface area is 195 Å². The normalized spacial score (nSPS) is 13.9. The molecule has 9 heteroatoms. The topological polar surface area (TPSA) is 58.6 Å². The number of rotatable bonds is 5. The zero-order valence-corrected chi connectivity index (χ0v) is 18.7. The number of amides is 1. The van der Waals surface area contributed by atoms with Crippen LogP contribution in [0.5, 0.6) is 5.75 Å². The van der Waals surface area contributed by atoms with Gasteiger partial charge in [0.1, 0.15) is 5.75 Å². The van der Waals surface area contributed by atoms with E-state index < -0.39 is 0 Å². The zero-order chi connectivity index (χ0) is 21.8. The molecule has 2 aromatic carbocycles. The second-order valence-electron chi connectivity index (χ2n) is 6.99. The Morgan fingerprint density at radius 1 is 0.903 bits per heavy atom. The van der Waals surface area contributed by atoms with Crippen LogP contribution in [0.3, 0.4) is 0 Å². The molecule has 1 fully saturated rings. The monoisotopic (exact) mass is 476 g/mol. The maximum absolute atomic E-state index is 12.5. The second-order valence-corrected chi connectivity index (χ2v) is 8.24. The molecule has 1 amide bonds. The molecule has 0 unspecified atom stereocenters. The van der Waals surface area contributed by atoms with Crippen LogP contribution < -0.4 is 9.64 Å². The van der Waals surface area contributed by atoms with Crippen LogP contribution in [0.15, 0.2) is 54.6 Å². The molecule has 160 valence electrons. The molecule has 0 radical (unpaired) electrons. The fourth-order valence-corrected chi connectivity index (χ4v) is 4.01. The lowest BCUT2D eigenvalue weighted by Gasteiger charge is -2.35. The summed E-state index contributed by atoms with van der Waals surface area (Å²) in [6, 6.07) is 16.3. The molecule has 0 aliphatic carbocycles. The number of anilines is 1. The Morgan fingerprint density at radius 2 is 1.68 bits per heavy atom. The van der Waals surface area contributed by atoms with E-state index >= 15 is 0 Å². The first-order valence-electron chi connectivity index (χ1n) is 9.70. The van der Waals surface area contributed by atoms with Gasteiger partial charge in [-0.3, -0.25) is 4.79 Å². The lowest BCUT2D eigenvalue weighted by Crippen LogP contribution is -2.50. The molecule has 0 atom stereocenters. The van der Waals surface area contributed by atoms with Gasteiger partial charge in [-0.05, 0) is 36.4 Å². The molecule has 6 nitrogen and oxygen atoms in total. The highest BCUT2D eigenvalue weighted by molar-refractivity contribution is 6.35. The summed E-state index contributed by atoms with van der Waals surface area (Å²) in [6.45, 7) is 2.39. The Bertz CT molecular complexity index is 1070. The number of benzene rings is 2. The molecular weight excluding hydrogens is 459 g/mol. The van der Waals surface area contributed by atoms with Gasteiger partial charge in [0.2, 0.25) is 0 Å². The molecule has 1 aliphatic rings. The third-order valence-corrected chi connectivity index (χ3v) is 5.86.